The first-order valence-corrected chi connectivity index (χ1v) is 11.7. The molecule has 4 rings (SSSR count). The van der Waals surface area contributed by atoms with E-state index in [0.29, 0.717) is 0 Å². The number of hydrogen-bond donors (Lipinski definition) is 1. The zero-order valence-corrected chi connectivity index (χ0v) is 19.4. The molecule has 2 aromatic rings. The molecule has 0 heterocycles. The topological polar surface area (TPSA) is 32.3 Å². The first-order valence-electron chi connectivity index (χ1n) is 11.7. The number of anilines is 1. The lowest BCUT2D eigenvalue weighted by molar-refractivity contribution is -0.120. The van der Waals surface area contributed by atoms with E-state index in [0.717, 1.165) is 50.9 Å². The first-order chi connectivity index (χ1) is 14.7. The fraction of sp³-hybridized carbons (Fsp3) is 0.444. The van der Waals surface area contributed by atoms with Crippen molar-refractivity contribution in [2.24, 2.45) is 5.92 Å². The number of hydrogen-bond acceptors (Lipinski definition) is 2. The Kier molecular flexibility index (Phi) is 8.60. The molecule has 1 amide bonds. The fourth-order valence-corrected chi connectivity index (χ4v) is 4.81. The quantitative estimate of drug-likeness (QED) is 0.511. The molecule has 3 nitrogen and oxygen atoms in total. The number of halogens is 1. The summed E-state index contributed by atoms with van der Waals surface area (Å²) in [5, 5.41) is 3.17. The Bertz CT molecular complexity index is 902. The molecule has 0 spiro atoms. The lowest BCUT2D eigenvalue weighted by Crippen LogP contribution is -2.26. The SMILES string of the molecule is CCCN(CCc1cccc(NC(=O)C2CCCCC2)c1)C1=Cc2ccccc2C1.Cl. The zero-order valence-electron chi connectivity index (χ0n) is 18.6. The highest BCUT2D eigenvalue weighted by Crippen LogP contribution is 2.28. The van der Waals surface area contributed by atoms with Crippen LogP contribution in [0.1, 0.15) is 62.1 Å². The Labute approximate surface area is 193 Å². The Balaban J connectivity index is 0.00000272. The Morgan fingerprint density at radius 2 is 1.84 bits per heavy atom. The van der Waals surface area contributed by atoms with E-state index in [2.05, 4.69) is 65.7 Å². The van der Waals surface area contributed by atoms with Crippen LogP contribution in [0.25, 0.3) is 6.08 Å². The van der Waals surface area contributed by atoms with Gasteiger partial charge in [0.25, 0.3) is 0 Å². The van der Waals surface area contributed by atoms with Gasteiger partial charge in [0.15, 0.2) is 0 Å². The fourth-order valence-electron chi connectivity index (χ4n) is 4.81. The van der Waals surface area contributed by atoms with Gasteiger partial charge in [-0.15, -0.1) is 12.4 Å². The van der Waals surface area contributed by atoms with E-state index in [1.807, 2.05) is 6.07 Å². The second-order valence-corrected chi connectivity index (χ2v) is 8.77. The van der Waals surface area contributed by atoms with Crippen LogP contribution in [0.4, 0.5) is 5.69 Å². The van der Waals surface area contributed by atoms with Crippen LogP contribution in [0.3, 0.4) is 0 Å². The average molecular weight is 439 g/mol. The van der Waals surface area contributed by atoms with Crippen molar-refractivity contribution >= 4 is 30.1 Å². The monoisotopic (exact) mass is 438 g/mol. The Morgan fingerprint density at radius 3 is 2.61 bits per heavy atom. The van der Waals surface area contributed by atoms with Crippen LogP contribution < -0.4 is 5.32 Å². The minimum Gasteiger partial charge on any atom is -0.374 e. The third kappa shape index (κ3) is 6.13. The number of fused-ring (bicyclic) bond motifs is 1. The zero-order chi connectivity index (χ0) is 20.8. The van der Waals surface area contributed by atoms with E-state index in [-0.39, 0.29) is 24.2 Å². The summed E-state index contributed by atoms with van der Waals surface area (Å²) in [6.07, 6.45) is 11.2. The van der Waals surface area contributed by atoms with E-state index in [4.69, 9.17) is 0 Å². The summed E-state index contributed by atoms with van der Waals surface area (Å²) in [7, 11) is 0. The molecule has 0 saturated heterocycles. The Morgan fingerprint density at radius 1 is 1.03 bits per heavy atom. The molecule has 0 atom stereocenters. The van der Waals surface area contributed by atoms with Gasteiger partial charge in [-0.1, -0.05) is 62.6 Å². The van der Waals surface area contributed by atoms with Gasteiger partial charge in [-0.25, -0.2) is 0 Å². The molecule has 4 heteroatoms. The van der Waals surface area contributed by atoms with Gasteiger partial charge in [0.1, 0.15) is 0 Å². The lowest BCUT2D eigenvalue weighted by atomic mass is 9.88. The molecule has 0 aromatic heterocycles. The highest BCUT2D eigenvalue weighted by atomic mass is 35.5. The number of nitrogens with one attached hydrogen (secondary N) is 1. The maximum absolute atomic E-state index is 12.6. The number of rotatable bonds is 8. The van der Waals surface area contributed by atoms with Gasteiger partial charge in [-0.2, -0.15) is 0 Å². The van der Waals surface area contributed by atoms with E-state index < -0.39 is 0 Å². The van der Waals surface area contributed by atoms with Gasteiger partial charge in [0, 0.05) is 36.8 Å². The average Bonchev–Trinajstić information content (AvgIpc) is 3.21. The Hall–Kier alpha value is -2.26. The number of carbonyl (C=O) groups is 1. The molecule has 2 aliphatic rings. The van der Waals surface area contributed by atoms with Gasteiger partial charge in [0.2, 0.25) is 5.91 Å². The van der Waals surface area contributed by atoms with Crippen LogP contribution in [0.5, 0.6) is 0 Å². The molecule has 1 saturated carbocycles. The predicted octanol–water partition coefficient (Wildman–Crippen LogP) is 6.48. The smallest absolute Gasteiger partial charge is 0.227 e. The second kappa shape index (κ2) is 11.4. The van der Waals surface area contributed by atoms with Crippen molar-refractivity contribution in [1.29, 1.82) is 0 Å². The molecule has 1 N–H and O–H groups in total. The minimum absolute atomic E-state index is 0. The number of amides is 1. The molecular formula is C27H35ClN2O. The van der Waals surface area contributed by atoms with Crippen LogP contribution in [0.2, 0.25) is 0 Å². The summed E-state index contributed by atoms with van der Waals surface area (Å²) < 4.78 is 0. The van der Waals surface area contributed by atoms with Crippen LogP contribution in [-0.2, 0) is 17.6 Å². The van der Waals surface area contributed by atoms with Crippen LogP contribution in [0, 0.1) is 5.92 Å². The van der Waals surface area contributed by atoms with Crippen molar-refractivity contribution in [3.05, 3.63) is 70.9 Å². The summed E-state index contributed by atoms with van der Waals surface area (Å²) in [5.74, 6) is 0.395. The van der Waals surface area contributed by atoms with Crippen molar-refractivity contribution in [2.75, 3.05) is 18.4 Å². The van der Waals surface area contributed by atoms with Gasteiger partial charge < -0.3 is 10.2 Å². The van der Waals surface area contributed by atoms with Crippen molar-refractivity contribution in [3.8, 4) is 0 Å². The standard InChI is InChI=1S/C27H34N2O.ClH/c1-2-16-29(26-19-23-12-6-7-13-24(23)20-26)17-15-21-9-8-14-25(18-21)28-27(30)22-10-4-3-5-11-22;/h6-9,12-14,18-19,22H,2-5,10-11,15-17,20H2,1H3,(H,28,30);1H. The van der Waals surface area contributed by atoms with Crippen molar-refractivity contribution in [2.45, 2.75) is 58.3 Å². The van der Waals surface area contributed by atoms with Crippen molar-refractivity contribution < 1.29 is 4.79 Å². The van der Waals surface area contributed by atoms with E-state index in [1.165, 1.54) is 41.6 Å². The normalized spacial score (nSPS) is 15.6. The third-order valence-corrected chi connectivity index (χ3v) is 6.49. The maximum Gasteiger partial charge on any atom is 0.227 e. The number of benzene rings is 2. The summed E-state index contributed by atoms with van der Waals surface area (Å²) >= 11 is 0. The summed E-state index contributed by atoms with van der Waals surface area (Å²) in [4.78, 5) is 15.1. The molecule has 0 aliphatic heterocycles. The highest BCUT2D eigenvalue weighted by Gasteiger charge is 2.21. The number of nitrogens with zero attached hydrogens (tertiary/aromatic N) is 1. The molecule has 0 radical (unpaired) electrons. The van der Waals surface area contributed by atoms with Gasteiger partial charge >= 0.3 is 0 Å². The lowest BCUT2D eigenvalue weighted by Gasteiger charge is -2.26. The third-order valence-electron chi connectivity index (χ3n) is 6.49. The molecule has 0 bridgehead atoms. The van der Waals surface area contributed by atoms with Crippen LogP contribution in [0.15, 0.2) is 54.2 Å². The first kappa shape index (κ1) is 23.4. The minimum atomic E-state index is 0. The molecule has 1 fully saturated rings. The predicted molar refractivity (Wildman–Crippen MR) is 133 cm³/mol. The molecule has 166 valence electrons. The van der Waals surface area contributed by atoms with E-state index in [9.17, 15) is 4.79 Å². The largest absolute Gasteiger partial charge is 0.374 e. The number of carbonyl (C=O) groups excluding carboxylic acids is 1. The molecule has 2 aliphatic carbocycles. The maximum atomic E-state index is 12.6. The van der Waals surface area contributed by atoms with Gasteiger partial charge in [-0.05, 0) is 60.6 Å². The van der Waals surface area contributed by atoms with Gasteiger partial charge in [-0.3, -0.25) is 4.79 Å². The number of allylic oxidation sites excluding steroid dienone is 1. The summed E-state index contributed by atoms with van der Waals surface area (Å²) in [5.41, 5.74) is 6.45. The molecular weight excluding hydrogens is 404 g/mol. The second-order valence-electron chi connectivity index (χ2n) is 8.77. The van der Waals surface area contributed by atoms with Crippen LogP contribution in [-0.4, -0.2) is 23.9 Å². The summed E-state index contributed by atoms with van der Waals surface area (Å²) in [6.45, 7) is 4.34. The molecule has 2 aromatic carbocycles. The molecule has 0 unspecified atom stereocenters. The van der Waals surface area contributed by atoms with Crippen LogP contribution >= 0.6 is 12.4 Å². The van der Waals surface area contributed by atoms with Crippen molar-refractivity contribution in [3.63, 3.8) is 0 Å². The van der Waals surface area contributed by atoms with Crippen molar-refractivity contribution in [1.82, 2.24) is 4.90 Å². The highest BCUT2D eigenvalue weighted by molar-refractivity contribution is 5.92. The van der Waals surface area contributed by atoms with E-state index in [1.54, 1.807) is 0 Å². The molecule has 31 heavy (non-hydrogen) atoms. The van der Waals surface area contributed by atoms with E-state index >= 15 is 0 Å². The summed E-state index contributed by atoms with van der Waals surface area (Å²) in [6, 6.07) is 17.1. The van der Waals surface area contributed by atoms with Gasteiger partial charge in [0.05, 0.1) is 0 Å².